The largest absolute Gasteiger partial charge is 0.481 e. The van der Waals surface area contributed by atoms with Crippen LogP contribution in [-0.2, 0) is 21.2 Å². The first-order valence-electron chi connectivity index (χ1n) is 6.72. The van der Waals surface area contributed by atoms with Crippen LogP contribution >= 0.6 is 0 Å². The first-order valence-corrected chi connectivity index (χ1v) is 8.20. The molecule has 0 saturated heterocycles. The SMILES string of the molecule is CCC1(NS(=O)(=O)c2ccc(CC(=O)O)cc2)CCC1. The maximum atomic E-state index is 12.3. The number of carboxylic acid groups (broad SMARTS) is 1. The summed E-state index contributed by atoms with van der Waals surface area (Å²) in [6, 6.07) is 6.01. The van der Waals surface area contributed by atoms with Gasteiger partial charge >= 0.3 is 5.97 Å². The molecule has 0 heterocycles. The highest BCUT2D eigenvalue weighted by molar-refractivity contribution is 7.89. The van der Waals surface area contributed by atoms with Gasteiger partial charge < -0.3 is 5.11 Å². The van der Waals surface area contributed by atoms with Crippen LogP contribution in [0.15, 0.2) is 29.2 Å². The molecule has 0 bridgehead atoms. The summed E-state index contributed by atoms with van der Waals surface area (Å²) >= 11 is 0. The van der Waals surface area contributed by atoms with Gasteiger partial charge in [-0.15, -0.1) is 0 Å². The van der Waals surface area contributed by atoms with E-state index in [4.69, 9.17) is 5.11 Å². The third-order valence-corrected chi connectivity index (χ3v) is 5.52. The molecule has 110 valence electrons. The number of carbonyl (C=O) groups is 1. The van der Waals surface area contributed by atoms with Crippen molar-refractivity contribution >= 4 is 16.0 Å². The number of carboxylic acids is 1. The van der Waals surface area contributed by atoms with Gasteiger partial charge in [0.2, 0.25) is 10.0 Å². The molecule has 0 atom stereocenters. The quantitative estimate of drug-likeness (QED) is 0.840. The summed E-state index contributed by atoms with van der Waals surface area (Å²) in [7, 11) is -3.53. The van der Waals surface area contributed by atoms with Gasteiger partial charge in [-0.2, -0.15) is 0 Å². The van der Waals surface area contributed by atoms with Gasteiger partial charge in [-0.1, -0.05) is 19.1 Å². The molecular weight excluding hydrogens is 278 g/mol. The summed E-state index contributed by atoms with van der Waals surface area (Å²) < 4.78 is 27.4. The fraction of sp³-hybridized carbons (Fsp3) is 0.500. The zero-order valence-corrected chi connectivity index (χ0v) is 12.2. The third-order valence-electron chi connectivity index (χ3n) is 3.93. The summed E-state index contributed by atoms with van der Waals surface area (Å²) in [6.07, 6.45) is 3.48. The molecule has 0 aliphatic heterocycles. The summed E-state index contributed by atoms with van der Waals surface area (Å²) in [4.78, 5) is 10.8. The van der Waals surface area contributed by atoms with Crippen LogP contribution in [0, 0.1) is 0 Å². The van der Waals surface area contributed by atoms with E-state index in [1.165, 1.54) is 12.1 Å². The Morgan fingerprint density at radius 2 is 1.90 bits per heavy atom. The average molecular weight is 297 g/mol. The van der Waals surface area contributed by atoms with Crippen LogP contribution in [0.5, 0.6) is 0 Å². The molecule has 1 aliphatic rings. The van der Waals surface area contributed by atoms with E-state index in [9.17, 15) is 13.2 Å². The number of aliphatic carboxylic acids is 1. The Morgan fingerprint density at radius 3 is 2.30 bits per heavy atom. The van der Waals surface area contributed by atoms with E-state index in [2.05, 4.69) is 4.72 Å². The molecule has 2 rings (SSSR count). The molecule has 0 spiro atoms. The number of sulfonamides is 1. The molecule has 1 aliphatic carbocycles. The zero-order chi connectivity index (χ0) is 14.8. The molecule has 0 radical (unpaired) electrons. The van der Waals surface area contributed by atoms with Crippen molar-refractivity contribution in [3.63, 3.8) is 0 Å². The van der Waals surface area contributed by atoms with Gasteiger partial charge in [0.05, 0.1) is 11.3 Å². The lowest BCUT2D eigenvalue weighted by molar-refractivity contribution is -0.136. The van der Waals surface area contributed by atoms with E-state index in [1.54, 1.807) is 12.1 Å². The normalized spacial score (nSPS) is 17.4. The first-order chi connectivity index (χ1) is 9.37. The van der Waals surface area contributed by atoms with Crippen molar-refractivity contribution in [3.05, 3.63) is 29.8 Å². The number of hydrogen-bond donors (Lipinski definition) is 2. The van der Waals surface area contributed by atoms with Crippen LogP contribution in [0.1, 0.15) is 38.2 Å². The Kier molecular flexibility index (Phi) is 4.15. The van der Waals surface area contributed by atoms with Crippen molar-refractivity contribution in [1.29, 1.82) is 0 Å². The topological polar surface area (TPSA) is 83.5 Å². The van der Waals surface area contributed by atoms with Crippen molar-refractivity contribution in [1.82, 2.24) is 4.72 Å². The molecular formula is C14H19NO4S. The fourth-order valence-electron chi connectivity index (χ4n) is 2.44. The number of benzene rings is 1. The Morgan fingerprint density at radius 1 is 1.30 bits per heavy atom. The van der Waals surface area contributed by atoms with Gasteiger partial charge in [0.25, 0.3) is 0 Å². The second kappa shape index (κ2) is 5.54. The van der Waals surface area contributed by atoms with Gasteiger partial charge in [-0.3, -0.25) is 4.79 Å². The molecule has 20 heavy (non-hydrogen) atoms. The molecule has 2 N–H and O–H groups in total. The Hall–Kier alpha value is -1.40. The molecule has 0 amide bonds. The van der Waals surface area contributed by atoms with Crippen molar-refractivity contribution < 1.29 is 18.3 Å². The summed E-state index contributed by atoms with van der Waals surface area (Å²) in [5.41, 5.74) is 0.295. The second-order valence-electron chi connectivity index (χ2n) is 5.31. The minimum Gasteiger partial charge on any atom is -0.481 e. The van der Waals surface area contributed by atoms with Gasteiger partial charge in [-0.25, -0.2) is 13.1 Å². The van der Waals surface area contributed by atoms with Crippen LogP contribution in [0.2, 0.25) is 0 Å². The second-order valence-corrected chi connectivity index (χ2v) is 6.99. The van der Waals surface area contributed by atoms with Crippen molar-refractivity contribution in [2.24, 2.45) is 0 Å². The number of hydrogen-bond acceptors (Lipinski definition) is 3. The summed E-state index contributed by atoms with van der Waals surface area (Å²) in [5.74, 6) is -0.932. The van der Waals surface area contributed by atoms with Gasteiger partial charge in [0.15, 0.2) is 0 Å². The number of nitrogens with one attached hydrogen (secondary N) is 1. The van der Waals surface area contributed by atoms with Crippen LogP contribution < -0.4 is 4.72 Å². The van der Waals surface area contributed by atoms with Crippen LogP contribution in [0.3, 0.4) is 0 Å². The average Bonchev–Trinajstić information content (AvgIpc) is 2.34. The summed E-state index contributed by atoms with van der Waals surface area (Å²) in [5, 5.41) is 8.69. The highest BCUT2D eigenvalue weighted by Gasteiger charge is 2.38. The Labute approximate surface area is 119 Å². The lowest BCUT2D eigenvalue weighted by Crippen LogP contribution is -2.52. The van der Waals surface area contributed by atoms with E-state index in [0.29, 0.717) is 5.56 Å². The predicted molar refractivity (Wildman–Crippen MR) is 75.0 cm³/mol. The molecule has 1 aromatic rings. The molecule has 5 nitrogen and oxygen atoms in total. The Bertz CT molecular complexity index is 583. The molecule has 6 heteroatoms. The smallest absolute Gasteiger partial charge is 0.307 e. The Balaban J connectivity index is 2.15. The molecule has 0 unspecified atom stereocenters. The third kappa shape index (κ3) is 3.19. The molecule has 0 aromatic heterocycles. The molecule has 1 saturated carbocycles. The molecule has 1 aromatic carbocycles. The fourth-order valence-corrected chi connectivity index (χ4v) is 3.97. The maximum absolute atomic E-state index is 12.3. The van der Waals surface area contributed by atoms with Gasteiger partial charge in [0, 0.05) is 5.54 Å². The predicted octanol–water partition coefficient (Wildman–Crippen LogP) is 1.92. The van der Waals surface area contributed by atoms with E-state index in [1.807, 2.05) is 6.92 Å². The highest BCUT2D eigenvalue weighted by Crippen LogP contribution is 2.36. The van der Waals surface area contributed by atoms with E-state index in [-0.39, 0.29) is 16.9 Å². The minimum absolute atomic E-state index is 0.105. The van der Waals surface area contributed by atoms with Gasteiger partial charge in [0.1, 0.15) is 0 Å². The van der Waals surface area contributed by atoms with Crippen molar-refractivity contribution in [2.45, 2.75) is 49.5 Å². The van der Waals surface area contributed by atoms with Crippen LogP contribution in [0.25, 0.3) is 0 Å². The lowest BCUT2D eigenvalue weighted by Gasteiger charge is -2.41. The highest BCUT2D eigenvalue weighted by atomic mass is 32.2. The van der Waals surface area contributed by atoms with Crippen molar-refractivity contribution in [3.8, 4) is 0 Å². The van der Waals surface area contributed by atoms with Crippen LogP contribution in [-0.4, -0.2) is 25.0 Å². The maximum Gasteiger partial charge on any atom is 0.307 e. The van der Waals surface area contributed by atoms with E-state index >= 15 is 0 Å². The standard InChI is InChI=1S/C14H19NO4S/c1-2-14(8-3-9-14)15-20(18,19)12-6-4-11(5-7-12)10-13(16)17/h4-7,15H,2-3,8-10H2,1H3,(H,16,17). The summed E-state index contributed by atoms with van der Waals surface area (Å²) in [6.45, 7) is 1.98. The van der Waals surface area contributed by atoms with Crippen LogP contribution in [0.4, 0.5) is 0 Å². The first kappa shape index (κ1) is 15.0. The van der Waals surface area contributed by atoms with E-state index < -0.39 is 16.0 Å². The van der Waals surface area contributed by atoms with Crippen molar-refractivity contribution in [2.75, 3.05) is 0 Å². The van der Waals surface area contributed by atoms with Gasteiger partial charge in [-0.05, 0) is 43.4 Å². The minimum atomic E-state index is -3.53. The monoisotopic (exact) mass is 297 g/mol. The van der Waals surface area contributed by atoms with E-state index in [0.717, 1.165) is 25.7 Å². The lowest BCUT2D eigenvalue weighted by atomic mass is 9.76. The zero-order valence-electron chi connectivity index (χ0n) is 11.4. The molecule has 1 fully saturated rings. The number of rotatable bonds is 6.